The van der Waals surface area contributed by atoms with Crippen LogP contribution < -0.4 is 5.73 Å². The van der Waals surface area contributed by atoms with E-state index in [-0.39, 0.29) is 6.54 Å². The average Bonchev–Trinajstić information content (AvgIpc) is 2.41. The maximum absolute atomic E-state index is 12.5. The molecule has 92 valence electrons. The molecule has 1 aromatic heterocycles. The van der Waals surface area contributed by atoms with Crippen LogP contribution >= 0.6 is 0 Å². The van der Waals surface area contributed by atoms with Crippen LogP contribution in [0.25, 0.3) is 0 Å². The smallest absolute Gasteiger partial charge is 0.396 e. The highest BCUT2D eigenvalue weighted by atomic mass is 32.2. The van der Waals surface area contributed by atoms with Crippen molar-refractivity contribution >= 4 is 15.5 Å². The first-order chi connectivity index (χ1) is 7.11. The Hall–Kier alpha value is -1.25. The fourth-order valence-electron chi connectivity index (χ4n) is 1.13. The van der Waals surface area contributed by atoms with Crippen LogP contribution in [0.2, 0.25) is 0 Å². The second-order valence-corrected chi connectivity index (χ2v) is 5.56. The van der Waals surface area contributed by atoms with Gasteiger partial charge in [0.2, 0.25) is 0 Å². The Bertz CT molecular complexity index is 478. The number of hydrogen-bond donors (Lipinski definition) is 1. The molecule has 0 amide bonds. The van der Waals surface area contributed by atoms with E-state index in [0.29, 0.717) is 4.68 Å². The molecule has 0 aliphatic heterocycles. The van der Waals surface area contributed by atoms with E-state index in [1.165, 1.54) is 0 Å². The minimum absolute atomic E-state index is 0.370. The highest BCUT2D eigenvalue weighted by Gasteiger charge is 2.37. The number of nitrogen functional groups attached to an aromatic ring is 1. The molecule has 0 radical (unpaired) electrons. The second kappa shape index (κ2) is 3.96. The molecule has 0 fully saturated rings. The Kier molecular flexibility index (Phi) is 3.17. The van der Waals surface area contributed by atoms with Crippen molar-refractivity contribution in [2.45, 2.75) is 12.7 Å². The Morgan fingerprint density at radius 2 is 2.06 bits per heavy atom. The van der Waals surface area contributed by atoms with Gasteiger partial charge in [0.1, 0.15) is 9.84 Å². The molecule has 1 aromatic rings. The summed E-state index contributed by atoms with van der Waals surface area (Å²) in [6.07, 6.45) is -2.85. The van der Waals surface area contributed by atoms with Crippen molar-refractivity contribution in [1.82, 2.24) is 9.78 Å². The van der Waals surface area contributed by atoms with E-state index in [4.69, 9.17) is 5.73 Å². The average molecular weight is 257 g/mol. The zero-order chi connectivity index (χ0) is 12.6. The molecule has 0 aromatic carbocycles. The number of aryl methyl sites for hydroxylation is 1. The van der Waals surface area contributed by atoms with Gasteiger partial charge >= 0.3 is 6.18 Å². The number of nitrogens with zero attached hydrogens (tertiary/aromatic N) is 2. The monoisotopic (exact) mass is 257 g/mol. The highest BCUT2D eigenvalue weighted by molar-refractivity contribution is 7.90. The maximum atomic E-state index is 12.5. The van der Waals surface area contributed by atoms with E-state index in [1.807, 2.05) is 0 Å². The number of sulfone groups is 1. The third kappa shape index (κ3) is 3.12. The lowest BCUT2D eigenvalue weighted by Crippen LogP contribution is -2.20. The van der Waals surface area contributed by atoms with Gasteiger partial charge in [0.25, 0.3) is 0 Å². The number of anilines is 1. The summed E-state index contributed by atoms with van der Waals surface area (Å²) in [6.45, 7) is -0.370. The second-order valence-electron chi connectivity index (χ2n) is 3.30. The van der Waals surface area contributed by atoms with Crippen molar-refractivity contribution in [1.29, 1.82) is 0 Å². The lowest BCUT2D eigenvalue weighted by molar-refractivity contribution is -0.143. The minimum atomic E-state index is -4.64. The van der Waals surface area contributed by atoms with Gasteiger partial charge in [0.05, 0.1) is 24.2 Å². The number of alkyl halides is 3. The van der Waals surface area contributed by atoms with Crippen molar-refractivity contribution < 1.29 is 21.6 Å². The van der Waals surface area contributed by atoms with Gasteiger partial charge in [0.15, 0.2) is 5.69 Å². The summed E-state index contributed by atoms with van der Waals surface area (Å²) in [5.41, 5.74) is 3.49. The summed E-state index contributed by atoms with van der Waals surface area (Å²) in [6, 6.07) is 0. The van der Waals surface area contributed by atoms with E-state index in [1.54, 1.807) is 0 Å². The largest absolute Gasteiger partial charge is 0.435 e. The Labute approximate surface area is 90.0 Å². The normalized spacial score (nSPS) is 13.0. The Balaban J connectivity index is 2.99. The molecule has 0 aliphatic carbocycles. The SMILES string of the molecule is CS(=O)(=O)CCn1ncc(N)c1C(F)(F)F. The zero-order valence-corrected chi connectivity index (χ0v) is 9.14. The zero-order valence-electron chi connectivity index (χ0n) is 8.32. The van der Waals surface area contributed by atoms with Crippen LogP contribution in [-0.4, -0.2) is 30.2 Å². The number of halogens is 3. The van der Waals surface area contributed by atoms with Crippen LogP contribution in [0.3, 0.4) is 0 Å². The van der Waals surface area contributed by atoms with Gasteiger partial charge in [-0.25, -0.2) is 8.42 Å². The Morgan fingerprint density at radius 3 is 2.50 bits per heavy atom. The van der Waals surface area contributed by atoms with Gasteiger partial charge in [-0.3, -0.25) is 4.68 Å². The Morgan fingerprint density at radius 1 is 1.50 bits per heavy atom. The van der Waals surface area contributed by atoms with Crippen molar-refractivity contribution in [3.05, 3.63) is 11.9 Å². The third-order valence-corrected chi connectivity index (χ3v) is 2.73. The molecule has 0 atom stereocenters. The minimum Gasteiger partial charge on any atom is -0.396 e. The summed E-state index contributed by atoms with van der Waals surface area (Å²) in [7, 11) is -3.34. The van der Waals surface area contributed by atoms with Crippen LogP contribution in [0.4, 0.5) is 18.9 Å². The van der Waals surface area contributed by atoms with E-state index < -0.39 is 33.1 Å². The number of hydrogen-bond acceptors (Lipinski definition) is 4. The van der Waals surface area contributed by atoms with Gasteiger partial charge in [-0.2, -0.15) is 18.3 Å². The molecule has 0 aliphatic rings. The van der Waals surface area contributed by atoms with Gasteiger partial charge in [0, 0.05) is 6.26 Å². The number of nitrogens with two attached hydrogens (primary N) is 1. The van der Waals surface area contributed by atoms with Gasteiger partial charge < -0.3 is 5.73 Å². The standard InChI is InChI=1S/C7H10F3N3O2S/c1-16(14,15)3-2-13-6(7(8,9)10)5(11)4-12-13/h4H,2-3,11H2,1H3. The molecule has 1 heterocycles. The first-order valence-corrected chi connectivity index (χ1v) is 6.23. The summed E-state index contributed by atoms with van der Waals surface area (Å²) in [4.78, 5) is 0. The van der Waals surface area contributed by atoms with Crippen molar-refractivity contribution in [2.75, 3.05) is 17.7 Å². The van der Waals surface area contributed by atoms with E-state index >= 15 is 0 Å². The molecule has 0 saturated heterocycles. The van der Waals surface area contributed by atoms with Crippen LogP contribution in [0.15, 0.2) is 6.20 Å². The van der Waals surface area contributed by atoms with Gasteiger partial charge in [-0.1, -0.05) is 0 Å². The summed E-state index contributed by atoms with van der Waals surface area (Å²) >= 11 is 0. The first kappa shape index (κ1) is 12.8. The van der Waals surface area contributed by atoms with Crippen LogP contribution in [0.1, 0.15) is 5.69 Å². The topological polar surface area (TPSA) is 78.0 Å². The molecule has 1 rings (SSSR count). The van der Waals surface area contributed by atoms with Crippen molar-refractivity contribution in [3.8, 4) is 0 Å². The number of aromatic nitrogens is 2. The van der Waals surface area contributed by atoms with Crippen molar-refractivity contribution in [3.63, 3.8) is 0 Å². The predicted molar refractivity (Wildman–Crippen MR) is 51.4 cm³/mol. The van der Waals surface area contributed by atoms with Crippen LogP contribution in [-0.2, 0) is 22.6 Å². The molecule has 5 nitrogen and oxygen atoms in total. The van der Waals surface area contributed by atoms with Crippen LogP contribution in [0, 0.1) is 0 Å². The molecule has 0 saturated carbocycles. The molecule has 9 heteroatoms. The van der Waals surface area contributed by atoms with E-state index in [0.717, 1.165) is 12.5 Å². The quantitative estimate of drug-likeness (QED) is 0.856. The lowest BCUT2D eigenvalue weighted by Gasteiger charge is -2.10. The van der Waals surface area contributed by atoms with E-state index in [9.17, 15) is 21.6 Å². The summed E-state index contributed by atoms with van der Waals surface area (Å²) < 4.78 is 59.6. The lowest BCUT2D eigenvalue weighted by atomic mass is 10.3. The summed E-state index contributed by atoms with van der Waals surface area (Å²) in [5.74, 6) is -0.419. The van der Waals surface area contributed by atoms with Gasteiger partial charge in [-0.05, 0) is 0 Å². The first-order valence-electron chi connectivity index (χ1n) is 4.17. The van der Waals surface area contributed by atoms with E-state index in [2.05, 4.69) is 5.10 Å². The third-order valence-electron chi connectivity index (χ3n) is 1.81. The summed E-state index contributed by atoms with van der Waals surface area (Å²) in [5, 5.41) is 3.39. The molecule has 0 unspecified atom stereocenters. The van der Waals surface area contributed by atoms with Crippen LogP contribution in [0.5, 0.6) is 0 Å². The fraction of sp³-hybridized carbons (Fsp3) is 0.571. The maximum Gasteiger partial charge on any atom is 0.435 e. The number of rotatable bonds is 3. The van der Waals surface area contributed by atoms with Gasteiger partial charge in [-0.15, -0.1) is 0 Å². The molecular formula is C7H10F3N3O2S. The fourth-order valence-corrected chi connectivity index (χ4v) is 1.64. The molecule has 16 heavy (non-hydrogen) atoms. The highest BCUT2D eigenvalue weighted by Crippen LogP contribution is 2.33. The predicted octanol–water partition coefficient (Wildman–Crippen LogP) is 0.529. The molecular weight excluding hydrogens is 247 g/mol. The molecule has 0 bridgehead atoms. The van der Waals surface area contributed by atoms with Crippen molar-refractivity contribution in [2.24, 2.45) is 0 Å². The molecule has 2 N–H and O–H groups in total. The molecule has 0 spiro atoms.